The molecule has 0 bridgehead atoms. The summed E-state index contributed by atoms with van der Waals surface area (Å²) < 4.78 is 26.4. The zero-order valence-electron chi connectivity index (χ0n) is 16.5. The molecule has 4 rings (SSSR count). The van der Waals surface area contributed by atoms with Crippen LogP contribution < -0.4 is 21.5 Å². The first-order valence-corrected chi connectivity index (χ1v) is 10.5. The molecule has 164 valence electrons. The van der Waals surface area contributed by atoms with Crippen LogP contribution in [0.5, 0.6) is 0 Å². The maximum atomic E-state index is 13.3. The topological polar surface area (TPSA) is 121 Å². The van der Waals surface area contributed by atoms with Crippen LogP contribution in [0.3, 0.4) is 0 Å². The molecule has 2 heterocycles. The van der Waals surface area contributed by atoms with Gasteiger partial charge in [-0.3, -0.25) is 19.4 Å². The van der Waals surface area contributed by atoms with E-state index >= 15 is 0 Å². The number of fused-ring (bicyclic) bond motifs is 1. The molecule has 2 aromatic carbocycles. The van der Waals surface area contributed by atoms with Crippen molar-refractivity contribution in [1.29, 1.82) is 0 Å². The van der Waals surface area contributed by atoms with Crippen molar-refractivity contribution in [3.63, 3.8) is 0 Å². The van der Waals surface area contributed by atoms with Crippen molar-refractivity contribution in [1.82, 2.24) is 9.97 Å². The van der Waals surface area contributed by atoms with E-state index in [0.29, 0.717) is 12.6 Å². The van der Waals surface area contributed by atoms with Gasteiger partial charge in [0.1, 0.15) is 5.69 Å². The number of nitrogens with two attached hydrogens (primary N) is 1. The van der Waals surface area contributed by atoms with Crippen LogP contribution in [0, 0.1) is 11.6 Å². The first kappa shape index (κ1) is 21.5. The van der Waals surface area contributed by atoms with E-state index < -0.39 is 23.1 Å². The lowest BCUT2D eigenvalue weighted by molar-refractivity contribution is -0.116. The molecular weight excluding hydrogens is 440 g/mol. The molecule has 0 saturated carbocycles. The van der Waals surface area contributed by atoms with E-state index in [9.17, 15) is 23.2 Å². The Bertz CT molecular complexity index is 1280. The number of anilines is 3. The van der Waals surface area contributed by atoms with Crippen molar-refractivity contribution >= 4 is 40.8 Å². The maximum absolute atomic E-state index is 13.3. The summed E-state index contributed by atoms with van der Waals surface area (Å²) >= 11 is 1.00. The van der Waals surface area contributed by atoms with Crippen molar-refractivity contribution in [2.45, 2.75) is 11.6 Å². The van der Waals surface area contributed by atoms with Crippen molar-refractivity contribution in [3.8, 4) is 0 Å². The van der Waals surface area contributed by atoms with Crippen LogP contribution in [0.25, 0.3) is 0 Å². The molecule has 1 aromatic heterocycles. The second-order valence-corrected chi connectivity index (χ2v) is 7.89. The number of benzene rings is 2. The van der Waals surface area contributed by atoms with Gasteiger partial charge in [-0.2, -0.15) is 0 Å². The summed E-state index contributed by atoms with van der Waals surface area (Å²) in [6.45, 7) is 0.583. The number of aromatic nitrogens is 2. The predicted molar refractivity (Wildman–Crippen MR) is 117 cm³/mol. The Morgan fingerprint density at radius 3 is 2.72 bits per heavy atom. The van der Waals surface area contributed by atoms with E-state index in [4.69, 9.17) is 5.73 Å². The Labute approximate surface area is 184 Å². The summed E-state index contributed by atoms with van der Waals surface area (Å²) in [5.74, 6) is -3.55. The van der Waals surface area contributed by atoms with Gasteiger partial charge in [0, 0.05) is 17.8 Å². The Hall–Kier alpha value is -3.73. The molecule has 0 radical (unpaired) electrons. The van der Waals surface area contributed by atoms with Crippen LogP contribution in [0.15, 0.2) is 52.4 Å². The van der Waals surface area contributed by atoms with Crippen molar-refractivity contribution < 1.29 is 18.4 Å². The summed E-state index contributed by atoms with van der Waals surface area (Å²) in [5.41, 5.74) is 6.51. The van der Waals surface area contributed by atoms with Crippen molar-refractivity contribution in [2.75, 3.05) is 28.2 Å². The second kappa shape index (κ2) is 8.79. The standard InChI is InChI=1S/C21H17F2N5O3S/c22-13-6-5-12(9-14(13)23)19(30)25-17-18(24)26-21(27-20(17)31)32-10-16(29)28-8-7-11-3-1-2-4-15(11)28/h1-6,9H,7-8,10H2,(H,25,30)(H3,24,26,27,31). The maximum Gasteiger partial charge on any atom is 0.277 e. The van der Waals surface area contributed by atoms with Gasteiger partial charge < -0.3 is 16.0 Å². The highest BCUT2D eigenvalue weighted by atomic mass is 32.2. The minimum atomic E-state index is -1.20. The van der Waals surface area contributed by atoms with Gasteiger partial charge in [0.05, 0.1) is 5.75 Å². The van der Waals surface area contributed by atoms with E-state index in [1.165, 1.54) is 0 Å². The quantitative estimate of drug-likeness (QED) is 0.400. The zero-order valence-corrected chi connectivity index (χ0v) is 17.3. The first-order valence-electron chi connectivity index (χ1n) is 9.50. The van der Waals surface area contributed by atoms with Crippen LogP contribution in [0.4, 0.5) is 26.0 Å². The van der Waals surface area contributed by atoms with E-state index in [2.05, 4.69) is 15.3 Å². The number of para-hydroxylation sites is 1. The number of nitrogens with zero attached hydrogens (tertiary/aromatic N) is 2. The molecule has 2 amide bonds. The molecule has 1 aliphatic heterocycles. The molecule has 0 saturated heterocycles. The summed E-state index contributed by atoms with van der Waals surface area (Å²) in [6, 6.07) is 10.2. The number of carbonyl (C=O) groups excluding carboxylic acids is 2. The van der Waals surface area contributed by atoms with Crippen LogP contribution in [0.1, 0.15) is 15.9 Å². The third-order valence-electron chi connectivity index (χ3n) is 4.87. The minimum Gasteiger partial charge on any atom is -0.382 e. The number of hydrogen-bond acceptors (Lipinski definition) is 6. The lowest BCUT2D eigenvalue weighted by Gasteiger charge is -2.17. The number of hydrogen-bond donors (Lipinski definition) is 3. The summed E-state index contributed by atoms with van der Waals surface area (Å²) in [5, 5.41) is 2.36. The average molecular weight is 457 g/mol. The lowest BCUT2D eigenvalue weighted by Crippen LogP contribution is -2.30. The summed E-state index contributed by atoms with van der Waals surface area (Å²) in [4.78, 5) is 45.4. The number of carbonyl (C=O) groups is 2. The molecule has 32 heavy (non-hydrogen) atoms. The highest BCUT2D eigenvalue weighted by molar-refractivity contribution is 7.99. The summed E-state index contributed by atoms with van der Waals surface area (Å²) in [6.07, 6.45) is 0.779. The number of rotatable bonds is 5. The first-order chi connectivity index (χ1) is 15.3. The van der Waals surface area contributed by atoms with Gasteiger partial charge >= 0.3 is 0 Å². The van der Waals surface area contributed by atoms with Gasteiger partial charge in [-0.25, -0.2) is 13.8 Å². The molecule has 0 aliphatic carbocycles. The van der Waals surface area contributed by atoms with E-state index in [1.807, 2.05) is 24.3 Å². The number of aromatic amines is 1. The van der Waals surface area contributed by atoms with Crippen LogP contribution in [-0.2, 0) is 11.2 Å². The van der Waals surface area contributed by atoms with Gasteiger partial charge in [0.25, 0.3) is 11.5 Å². The lowest BCUT2D eigenvalue weighted by atomic mass is 10.2. The summed E-state index contributed by atoms with van der Waals surface area (Å²) in [7, 11) is 0. The van der Waals surface area contributed by atoms with Gasteiger partial charge in [-0.05, 0) is 36.2 Å². The number of nitrogens with one attached hydrogen (secondary N) is 2. The Kier molecular flexibility index (Phi) is 5.91. The molecule has 0 fully saturated rings. The smallest absolute Gasteiger partial charge is 0.277 e. The minimum absolute atomic E-state index is 0.0251. The van der Waals surface area contributed by atoms with Crippen LogP contribution in [0.2, 0.25) is 0 Å². The van der Waals surface area contributed by atoms with Crippen molar-refractivity contribution in [2.24, 2.45) is 0 Å². The van der Waals surface area contributed by atoms with Crippen LogP contribution >= 0.6 is 11.8 Å². The molecule has 1 aliphatic rings. The second-order valence-electron chi connectivity index (χ2n) is 6.93. The van der Waals surface area contributed by atoms with E-state index in [1.54, 1.807) is 4.90 Å². The predicted octanol–water partition coefficient (Wildman–Crippen LogP) is 2.56. The fourth-order valence-corrected chi connectivity index (χ4v) is 4.03. The number of thioether (sulfide) groups is 1. The van der Waals surface area contributed by atoms with Gasteiger partial charge in [-0.1, -0.05) is 30.0 Å². The molecule has 4 N–H and O–H groups in total. The van der Waals surface area contributed by atoms with Gasteiger partial charge in [0.2, 0.25) is 5.91 Å². The SMILES string of the molecule is Nc1nc(SCC(=O)N2CCc3ccccc32)[nH]c(=O)c1NC(=O)c1ccc(F)c(F)c1. The normalized spacial score (nSPS) is 12.5. The van der Waals surface area contributed by atoms with E-state index in [-0.39, 0.29) is 33.9 Å². The zero-order chi connectivity index (χ0) is 22.8. The molecule has 0 unspecified atom stereocenters. The molecule has 8 nitrogen and oxygen atoms in total. The molecule has 3 aromatic rings. The molecule has 11 heteroatoms. The van der Waals surface area contributed by atoms with Crippen LogP contribution in [-0.4, -0.2) is 34.1 Å². The Morgan fingerprint density at radius 1 is 1.19 bits per heavy atom. The molecular formula is C21H17F2N5O3S. The molecule has 0 atom stereocenters. The highest BCUT2D eigenvalue weighted by Gasteiger charge is 2.24. The van der Waals surface area contributed by atoms with E-state index in [0.717, 1.165) is 41.6 Å². The number of amides is 2. The fraction of sp³-hybridized carbons (Fsp3) is 0.143. The Balaban J connectivity index is 1.44. The van der Waals surface area contributed by atoms with Gasteiger partial charge in [0.15, 0.2) is 22.6 Å². The number of H-pyrrole nitrogens is 1. The number of nitrogen functional groups attached to an aromatic ring is 1. The average Bonchev–Trinajstić information content (AvgIpc) is 3.20. The van der Waals surface area contributed by atoms with Crippen molar-refractivity contribution in [3.05, 3.63) is 75.6 Å². The Morgan fingerprint density at radius 2 is 1.97 bits per heavy atom. The third kappa shape index (κ3) is 4.33. The monoisotopic (exact) mass is 457 g/mol. The van der Waals surface area contributed by atoms with Gasteiger partial charge in [-0.15, -0.1) is 0 Å². The highest BCUT2D eigenvalue weighted by Crippen LogP contribution is 2.28. The largest absolute Gasteiger partial charge is 0.382 e. The third-order valence-corrected chi connectivity index (χ3v) is 5.72. The fourth-order valence-electron chi connectivity index (χ4n) is 3.29. The number of halogens is 2. The molecule has 0 spiro atoms.